The molecule has 3 N–H and O–H groups in total. The van der Waals surface area contributed by atoms with Gasteiger partial charge in [-0.3, -0.25) is 0 Å². The molecule has 0 heterocycles. The van der Waals surface area contributed by atoms with Crippen LogP contribution < -0.4 is 15.2 Å². The molecule has 2 rings (SSSR count). The molecule has 0 aliphatic heterocycles. The Bertz CT molecular complexity index is 475. The second-order valence-corrected chi connectivity index (χ2v) is 5.64. The first-order valence-electron chi connectivity index (χ1n) is 7.43. The van der Waals surface area contributed by atoms with Crippen LogP contribution in [0.1, 0.15) is 43.7 Å². The molecule has 0 unspecified atom stereocenters. The van der Waals surface area contributed by atoms with Gasteiger partial charge >= 0.3 is 0 Å². The molecule has 0 amide bonds. The second-order valence-electron chi connectivity index (χ2n) is 5.64. The number of aliphatic hydroxyl groups excluding tert-OH is 1. The summed E-state index contributed by atoms with van der Waals surface area (Å²) >= 11 is 0. The lowest BCUT2D eigenvalue weighted by molar-refractivity contribution is 0.0607. The van der Waals surface area contributed by atoms with Crippen LogP contribution in [0.5, 0.6) is 11.5 Å². The Morgan fingerprint density at radius 3 is 2.29 bits per heavy atom. The van der Waals surface area contributed by atoms with Gasteiger partial charge in [0, 0.05) is 11.6 Å². The van der Waals surface area contributed by atoms with Crippen molar-refractivity contribution in [2.45, 2.75) is 44.2 Å². The number of hydrogen-bond donors (Lipinski definition) is 2. The van der Waals surface area contributed by atoms with Crippen LogP contribution in [0.2, 0.25) is 0 Å². The van der Waals surface area contributed by atoms with Gasteiger partial charge in [0.15, 0.2) is 11.5 Å². The monoisotopic (exact) mass is 297 g/mol. The highest BCUT2D eigenvalue weighted by Gasteiger charge is 2.30. The van der Waals surface area contributed by atoms with E-state index in [1.807, 2.05) is 0 Å². The van der Waals surface area contributed by atoms with E-state index in [4.69, 9.17) is 15.2 Å². The minimum atomic E-state index is -0.757. The number of halogens is 1. The zero-order valence-corrected chi connectivity index (χ0v) is 12.6. The Hall–Kier alpha value is -1.33. The Morgan fingerprint density at radius 2 is 1.71 bits per heavy atom. The predicted molar refractivity (Wildman–Crippen MR) is 79.0 cm³/mol. The van der Waals surface area contributed by atoms with Crippen LogP contribution in [0.25, 0.3) is 0 Å². The van der Waals surface area contributed by atoms with Crippen LogP contribution in [-0.2, 0) is 0 Å². The SMILES string of the molecule is COc1cc(F)c([C@@H](N)[C@@H](O)C2CCCCC2)cc1OC. The highest BCUT2D eigenvalue weighted by molar-refractivity contribution is 5.44. The van der Waals surface area contributed by atoms with Crippen molar-refractivity contribution in [2.75, 3.05) is 14.2 Å². The fraction of sp³-hybridized carbons (Fsp3) is 0.625. The number of rotatable bonds is 5. The Morgan fingerprint density at radius 1 is 1.14 bits per heavy atom. The average Bonchev–Trinajstić information content (AvgIpc) is 2.54. The van der Waals surface area contributed by atoms with Crippen molar-refractivity contribution in [3.05, 3.63) is 23.5 Å². The Balaban J connectivity index is 2.23. The van der Waals surface area contributed by atoms with Crippen molar-refractivity contribution in [1.29, 1.82) is 0 Å². The van der Waals surface area contributed by atoms with Crippen LogP contribution in [0, 0.1) is 11.7 Å². The summed E-state index contributed by atoms with van der Waals surface area (Å²) in [6, 6.07) is 2.01. The molecule has 0 bridgehead atoms. The van der Waals surface area contributed by atoms with E-state index in [2.05, 4.69) is 0 Å². The smallest absolute Gasteiger partial charge is 0.163 e. The first kappa shape index (κ1) is 16.0. The largest absolute Gasteiger partial charge is 0.493 e. The van der Waals surface area contributed by atoms with Crippen LogP contribution in [0.4, 0.5) is 4.39 Å². The Labute approximate surface area is 125 Å². The molecule has 0 radical (unpaired) electrons. The molecule has 0 spiro atoms. The zero-order chi connectivity index (χ0) is 15.4. The zero-order valence-electron chi connectivity index (χ0n) is 12.6. The highest BCUT2D eigenvalue weighted by atomic mass is 19.1. The first-order valence-corrected chi connectivity index (χ1v) is 7.43. The van der Waals surface area contributed by atoms with Gasteiger partial charge in [0.1, 0.15) is 5.82 Å². The summed E-state index contributed by atoms with van der Waals surface area (Å²) in [5.41, 5.74) is 6.37. The number of nitrogens with two attached hydrogens (primary N) is 1. The van der Waals surface area contributed by atoms with Gasteiger partial charge in [-0.25, -0.2) is 4.39 Å². The topological polar surface area (TPSA) is 64.7 Å². The molecule has 1 saturated carbocycles. The predicted octanol–water partition coefficient (Wildman–Crippen LogP) is 2.78. The van der Waals surface area contributed by atoms with Crippen LogP contribution in [-0.4, -0.2) is 25.4 Å². The molecule has 1 fully saturated rings. The van der Waals surface area contributed by atoms with E-state index < -0.39 is 18.0 Å². The van der Waals surface area contributed by atoms with Gasteiger partial charge in [-0.2, -0.15) is 0 Å². The fourth-order valence-corrected chi connectivity index (χ4v) is 3.08. The lowest BCUT2D eigenvalue weighted by Gasteiger charge is -2.31. The molecule has 4 nitrogen and oxygen atoms in total. The lowest BCUT2D eigenvalue weighted by Crippen LogP contribution is -2.34. The van der Waals surface area contributed by atoms with E-state index in [1.54, 1.807) is 0 Å². The van der Waals surface area contributed by atoms with Crippen molar-refractivity contribution < 1.29 is 19.0 Å². The van der Waals surface area contributed by atoms with Crippen molar-refractivity contribution in [1.82, 2.24) is 0 Å². The third kappa shape index (κ3) is 3.47. The van der Waals surface area contributed by atoms with E-state index in [0.29, 0.717) is 11.5 Å². The molecule has 1 aromatic rings. The van der Waals surface area contributed by atoms with Crippen LogP contribution in [0.15, 0.2) is 12.1 Å². The molecule has 0 aromatic heterocycles. The summed E-state index contributed by atoms with van der Waals surface area (Å²) in [6.07, 6.45) is 4.56. The second kappa shape index (κ2) is 7.09. The maximum Gasteiger partial charge on any atom is 0.163 e. The number of ether oxygens (including phenoxy) is 2. The first-order chi connectivity index (χ1) is 10.1. The molecule has 1 aliphatic rings. The Kier molecular flexibility index (Phi) is 5.42. The summed E-state index contributed by atoms with van der Waals surface area (Å²) in [4.78, 5) is 0. The maximum atomic E-state index is 14.2. The van der Waals surface area contributed by atoms with Crippen molar-refractivity contribution in [3.63, 3.8) is 0 Å². The van der Waals surface area contributed by atoms with Crippen molar-refractivity contribution >= 4 is 0 Å². The summed E-state index contributed by atoms with van der Waals surface area (Å²) < 4.78 is 24.4. The standard InChI is InChI=1S/C16H24FNO3/c1-20-13-8-11(12(17)9-14(13)21-2)15(18)16(19)10-6-4-3-5-7-10/h8-10,15-16,19H,3-7,18H2,1-2H3/t15-,16+/m1/s1. The van der Waals surface area contributed by atoms with Gasteiger partial charge in [-0.1, -0.05) is 19.3 Å². The molecule has 21 heavy (non-hydrogen) atoms. The third-order valence-corrected chi connectivity index (χ3v) is 4.36. The van der Waals surface area contributed by atoms with Gasteiger partial charge in [-0.15, -0.1) is 0 Å². The number of methoxy groups -OCH3 is 2. The van der Waals surface area contributed by atoms with E-state index in [9.17, 15) is 9.50 Å². The van der Waals surface area contributed by atoms with Crippen LogP contribution in [0.3, 0.4) is 0 Å². The number of hydrogen-bond acceptors (Lipinski definition) is 4. The number of benzene rings is 1. The average molecular weight is 297 g/mol. The molecular weight excluding hydrogens is 273 g/mol. The quantitative estimate of drug-likeness (QED) is 0.877. The highest BCUT2D eigenvalue weighted by Crippen LogP contribution is 2.36. The van der Waals surface area contributed by atoms with Gasteiger partial charge in [0.25, 0.3) is 0 Å². The third-order valence-electron chi connectivity index (χ3n) is 4.36. The summed E-state index contributed by atoms with van der Waals surface area (Å²) in [5, 5.41) is 10.4. The molecule has 1 aromatic carbocycles. The van der Waals surface area contributed by atoms with Gasteiger partial charge in [-0.05, 0) is 24.8 Å². The van der Waals surface area contributed by atoms with Crippen molar-refractivity contribution in [2.24, 2.45) is 11.7 Å². The molecular formula is C16H24FNO3. The maximum absolute atomic E-state index is 14.2. The molecule has 5 heteroatoms. The minimum absolute atomic E-state index is 0.140. The number of aliphatic hydroxyl groups is 1. The van der Waals surface area contributed by atoms with Gasteiger partial charge < -0.3 is 20.3 Å². The summed E-state index contributed by atoms with van der Waals surface area (Å²) in [5.74, 6) is 0.398. The molecule has 0 saturated heterocycles. The van der Waals surface area contributed by atoms with E-state index in [-0.39, 0.29) is 11.5 Å². The minimum Gasteiger partial charge on any atom is -0.493 e. The van der Waals surface area contributed by atoms with Crippen LogP contribution >= 0.6 is 0 Å². The summed E-state index contributed by atoms with van der Waals surface area (Å²) in [6.45, 7) is 0. The van der Waals surface area contributed by atoms with Crippen molar-refractivity contribution in [3.8, 4) is 11.5 Å². The van der Waals surface area contributed by atoms with Gasteiger partial charge in [0.2, 0.25) is 0 Å². The lowest BCUT2D eigenvalue weighted by atomic mass is 9.81. The summed E-state index contributed by atoms with van der Waals surface area (Å²) in [7, 11) is 2.94. The van der Waals surface area contributed by atoms with E-state index >= 15 is 0 Å². The van der Waals surface area contributed by atoms with E-state index in [1.165, 1.54) is 32.8 Å². The van der Waals surface area contributed by atoms with Gasteiger partial charge in [0.05, 0.1) is 26.4 Å². The molecule has 118 valence electrons. The molecule has 2 atom stereocenters. The fourth-order valence-electron chi connectivity index (χ4n) is 3.08. The molecule has 1 aliphatic carbocycles. The normalized spacial score (nSPS) is 19.1. The van der Waals surface area contributed by atoms with E-state index in [0.717, 1.165) is 25.7 Å².